The number of nitrogens with one attached hydrogen (secondary N) is 2. The lowest BCUT2D eigenvalue weighted by molar-refractivity contribution is -0.137. The molecular weight excluding hydrogens is 333 g/mol. The minimum atomic E-state index is -4.49. The summed E-state index contributed by atoms with van der Waals surface area (Å²) in [6, 6.07) is 6.82. The molecule has 2 heterocycles. The van der Waals surface area contributed by atoms with Crippen LogP contribution in [0.3, 0.4) is 0 Å². The second-order valence-electron chi connectivity index (χ2n) is 5.95. The molecule has 0 bridgehead atoms. The van der Waals surface area contributed by atoms with E-state index in [-0.39, 0.29) is 29.0 Å². The average Bonchev–Trinajstić information content (AvgIpc) is 3.33. The van der Waals surface area contributed by atoms with Gasteiger partial charge in [0.1, 0.15) is 11.3 Å². The number of halogens is 3. The molecule has 8 heteroatoms. The minimum absolute atomic E-state index is 0.0126. The number of hydrogen-bond acceptors (Lipinski definition) is 3. The molecule has 2 N–H and O–H groups in total. The average molecular weight is 346 g/mol. The van der Waals surface area contributed by atoms with Gasteiger partial charge in [-0.05, 0) is 25.0 Å². The van der Waals surface area contributed by atoms with Crippen molar-refractivity contribution in [3.8, 4) is 11.4 Å². The van der Waals surface area contributed by atoms with E-state index in [1.807, 2.05) is 0 Å². The van der Waals surface area contributed by atoms with Gasteiger partial charge in [-0.2, -0.15) is 13.2 Å². The lowest BCUT2D eigenvalue weighted by atomic mass is 10.1. The van der Waals surface area contributed by atoms with Crippen LogP contribution in [0.2, 0.25) is 0 Å². The Balaban J connectivity index is 1.79. The van der Waals surface area contributed by atoms with E-state index in [4.69, 9.17) is 0 Å². The summed E-state index contributed by atoms with van der Waals surface area (Å²) in [7, 11) is 0. The van der Waals surface area contributed by atoms with Gasteiger partial charge in [0.2, 0.25) is 5.91 Å². The topological polar surface area (TPSA) is 70.7 Å². The monoisotopic (exact) mass is 346 g/mol. The summed E-state index contributed by atoms with van der Waals surface area (Å²) in [6.07, 6.45) is -1.33. The number of fused-ring (bicyclic) bond motifs is 1. The Kier molecular flexibility index (Phi) is 3.48. The second kappa shape index (κ2) is 5.58. The van der Waals surface area contributed by atoms with Gasteiger partial charge in [-0.25, -0.2) is 9.97 Å². The maximum Gasteiger partial charge on any atom is 0.417 e. The van der Waals surface area contributed by atoms with E-state index in [9.17, 15) is 18.0 Å². The molecule has 3 aromatic rings. The number of rotatable bonds is 3. The molecule has 0 atom stereocenters. The van der Waals surface area contributed by atoms with Crippen LogP contribution < -0.4 is 5.32 Å². The number of carbonyl (C=O) groups is 1. The van der Waals surface area contributed by atoms with Crippen molar-refractivity contribution in [1.29, 1.82) is 0 Å². The molecule has 1 amide bonds. The van der Waals surface area contributed by atoms with Crippen LogP contribution in [0.1, 0.15) is 18.4 Å². The van der Waals surface area contributed by atoms with Gasteiger partial charge < -0.3 is 10.3 Å². The molecule has 2 aromatic heterocycles. The van der Waals surface area contributed by atoms with Crippen molar-refractivity contribution in [3.63, 3.8) is 0 Å². The number of amides is 1. The molecule has 1 fully saturated rings. The fourth-order valence-electron chi connectivity index (χ4n) is 2.66. The van der Waals surface area contributed by atoms with Crippen LogP contribution in [-0.2, 0) is 11.0 Å². The highest BCUT2D eigenvalue weighted by atomic mass is 19.4. The predicted octanol–water partition coefficient (Wildman–Crippen LogP) is 3.99. The third-order valence-electron chi connectivity index (χ3n) is 4.08. The van der Waals surface area contributed by atoms with Gasteiger partial charge in [0.15, 0.2) is 5.82 Å². The van der Waals surface area contributed by atoms with E-state index in [0.717, 1.165) is 18.9 Å². The first kappa shape index (κ1) is 15.6. The highest BCUT2D eigenvalue weighted by Crippen LogP contribution is 2.37. The van der Waals surface area contributed by atoms with Gasteiger partial charge in [-0.1, -0.05) is 18.2 Å². The molecule has 1 aliphatic rings. The Hall–Kier alpha value is -2.90. The molecular formula is C17H13F3N4O. The second-order valence-corrected chi connectivity index (χ2v) is 5.95. The third-order valence-corrected chi connectivity index (χ3v) is 4.08. The number of H-pyrrole nitrogens is 1. The SMILES string of the molecule is O=C(Nc1nccc2[nH]c(-c3ccccc3C(F)(F)F)nc12)C1CC1. The van der Waals surface area contributed by atoms with Gasteiger partial charge >= 0.3 is 6.18 Å². The molecule has 25 heavy (non-hydrogen) atoms. The van der Waals surface area contributed by atoms with E-state index in [0.29, 0.717) is 11.0 Å². The third kappa shape index (κ3) is 2.95. The Labute approximate surface area is 140 Å². The molecule has 1 saturated carbocycles. The number of anilines is 1. The number of aromatic amines is 1. The number of benzene rings is 1. The number of imidazole rings is 1. The smallest absolute Gasteiger partial charge is 0.338 e. The summed E-state index contributed by atoms with van der Waals surface area (Å²) in [5.74, 6) is 0.181. The van der Waals surface area contributed by atoms with Crippen molar-refractivity contribution in [2.24, 2.45) is 5.92 Å². The maximum absolute atomic E-state index is 13.2. The molecule has 5 nitrogen and oxygen atoms in total. The van der Waals surface area contributed by atoms with Gasteiger partial charge in [0, 0.05) is 17.7 Å². The molecule has 4 rings (SSSR count). The first-order chi connectivity index (χ1) is 11.9. The summed E-state index contributed by atoms with van der Waals surface area (Å²) < 4.78 is 39.7. The standard InChI is InChI=1S/C17H13F3N4O/c18-17(19,20)11-4-2-1-3-10(11)14-22-12-7-8-21-15(13(12)23-14)24-16(25)9-5-6-9/h1-4,7-9H,5-6H2,(H,22,23)(H,21,24,25). The Morgan fingerprint density at radius 3 is 2.68 bits per heavy atom. The summed E-state index contributed by atoms with van der Waals surface area (Å²) in [5.41, 5.74) is 0.0211. The zero-order valence-electron chi connectivity index (χ0n) is 12.9. The van der Waals surface area contributed by atoms with Gasteiger partial charge in [0.25, 0.3) is 0 Å². The molecule has 0 spiro atoms. The van der Waals surface area contributed by atoms with E-state index in [1.54, 1.807) is 6.07 Å². The van der Waals surface area contributed by atoms with Crippen molar-refractivity contribution >= 4 is 22.8 Å². The zero-order chi connectivity index (χ0) is 17.6. The van der Waals surface area contributed by atoms with E-state index in [2.05, 4.69) is 20.3 Å². The number of hydrogen-bond donors (Lipinski definition) is 2. The maximum atomic E-state index is 13.2. The van der Waals surface area contributed by atoms with Crippen molar-refractivity contribution in [2.45, 2.75) is 19.0 Å². The predicted molar refractivity (Wildman–Crippen MR) is 85.7 cm³/mol. The lowest BCUT2D eigenvalue weighted by Gasteiger charge is -2.10. The first-order valence-electron chi connectivity index (χ1n) is 7.75. The highest BCUT2D eigenvalue weighted by molar-refractivity contribution is 6.00. The molecule has 128 valence electrons. The van der Waals surface area contributed by atoms with Crippen molar-refractivity contribution in [3.05, 3.63) is 42.1 Å². The van der Waals surface area contributed by atoms with Crippen molar-refractivity contribution in [1.82, 2.24) is 15.0 Å². The Morgan fingerprint density at radius 2 is 1.96 bits per heavy atom. The van der Waals surface area contributed by atoms with Crippen LogP contribution in [0.4, 0.5) is 19.0 Å². The molecule has 0 unspecified atom stereocenters. The zero-order valence-corrected chi connectivity index (χ0v) is 12.9. The molecule has 0 saturated heterocycles. The molecule has 1 aromatic carbocycles. The Morgan fingerprint density at radius 1 is 1.20 bits per heavy atom. The molecule has 0 radical (unpaired) electrons. The summed E-state index contributed by atoms with van der Waals surface area (Å²) in [5, 5.41) is 2.70. The quantitative estimate of drug-likeness (QED) is 0.753. The fourth-order valence-corrected chi connectivity index (χ4v) is 2.66. The number of carbonyl (C=O) groups excluding carboxylic acids is 1. The number of alkyl halides is 3. The van der Waals surface area contributed by atoms with Gasteiger partial charge in [-0.3, -0.25) is 4.79 Å². The van der Waals surface area contributed by atoms with Crippen molar-refractivity contribution in [2.75, 3.05) is 5.32 Å². The number of nitrogens with zero attached hydrogens (tertiary/aromatic N) is 2. The highest BCUT2D eigenvalue weighted by Gasteiger charge is 2.34. The number of pyridine rings is 1. The summed E-state index contributed by atoms with van der Waals surface area (Å²) in [4.78, 5) is 23.2. The van der Waals surface area contributed by atoms with Gasteiger partial charge in [-0.15, -0.1) is 0 Å². The van der Waals surface area contributed by atoms with Crippen LogP contribution in [0.15, 0.2) is 36.5 Å². The summed E-state index contributed by atoms with van der Waals surface area (Å²) >= 11 is 0. The largest absolute Gasteiger partial charge is 0.417 e. The lowest BCUT2D eigenvalue weighted by Crippen LogP contribution is -2.14. The molecule has 1 aliphatic carbocycles. The minimum Gasteiger partial charge on any atom is -0.338 e. The van der Waals surface area contributed by atoms with E-state index < -0.39 is 11.7 Å². The first-order valence-corrected chi connectivity index (χ1v) is 7.75. The van der Waals surface area contributed by atoms with Crippen molar-refractivity contribution < 1.29 is 18.0 Å². The van der Waals surface area contributed by atoms with Crippen LogP contribution in [0.25, 0.3) is 22.4 Å². The summed E-state index contributed by atoms with van der Waals surface area (Å²) in [6.45, 7) is 0. The van der Waals surface area contributed by atoms with Crippen LogP contribution in [0.5, 0.6) is 0 Å². The number of aromatic nitrogens is 3. The normalized spacial score (nSPS) is 14.7. The fraction of sp³-hybridized carbons (Fsp3) is 0.235. The van der Waals surface area contributed by atoms with E-state index in [1.165, 1.54) is 24.4 Å². The van der Waals surface area contributed by atoms with E-state index >= 15 is 0 Å². The van der Waals surface area contributed by atoms with Crippen LogP contribution in [0, 0.1) is 5.92 Å². The van der Waals surface area contributed by atoms with Crippen LogP contribution >= 0.6 is 0 Å². The Bertz CT molecular complexity index is 960. The van der Waals surface area contributed by atoms with Crippen LogP contribution in [-0.4, -0.2) is 20.9 Å². The molecule has 0 aliphatic heterocycles. The van der Waals surface area contributed by atoms with Gasteiger partial charge in [0.05, 0.1) is 11.1 Å².